The number of hydrogen-bond acceptors (Lipinski definition) is 4. The first kappa shape index (κ1) is 16.3. The Balaban J connectivity index is 2.21. The molecular weight excluding hydrogens is 306 g/mol. The summed E-state index contributed by atoms with van der Waals surface area (Å²) in [7, 11) is -1.85. The summed E-state index contributed by atoms with van der Waals surface area (Å²) in [6.07, 6.45) is 7.73. The lowest BCUT2D eigenvalue weighted by Gasteiger charge is -2.26. The van der Waals surface area contributed by atoms with Gasteiger partial charge in [0.2, 0.25) is 10.0 Å². The quantitative estimate of drug-likeness (QED) is 0.676. The topological polar surface area (TPSA) is 76.3 Å². The number of nitrogens with two attached hydrogens (primary N) is 1. The predicted molar refractivity (Wildman–Crippen MR) is 86.6 cm³/mol. The Kier molecular flexibility index (Phi) is 5.29. The van der Waals surface area contributed by atoms with Crippen LogP contribution in [-0.4, -0.2) is 35.8 Å². The summed E-state index contributed by atoms with van der Waals surface area (Å²) in [5.41, 5.74) is 5.91. The van der Waals surface area contributed by atoms with Crippen LogP contribution in [0.2, 0.25) is 0 Å². The van der Waals surface area contributed by atoms with Crippen molar-refractivity contribution in [3.05, 3.63) is 24.0 Å². The van der Waals surface area contributed by atoms with Gasteiger partial charge in [0, 0.05) is 19.3 Å². The highest BCUT2D eigenvalue weighted by molar-refractivity contribution is 7.89. The van der Waals surface area contributed by atoms with Gasteiger partial charge in [-0.15, -0.1) is 0 Å². The summed E-state index contributed by atoms with van der Waals surface area (Å²) in [6, 6.07) is 3.15. The van der Waals surface area contributed by atoms with E-state index < -0.39 is 10.0 Å². The highest BCUT2D eigenvalue weighted by Crippen LogP contribution is 2.25. The van der Waals surface area contributed by atoms with Gasteiger partial charge in [-0.25, -0.2) is 8.42 Å². The standard InChI is InChI=1S/C14H21N3O2S2/c1-17(11-6-4-2-3-5-7-11)21(18,19)12-8-9-13(14(15)20)16-10-12/h8-11H,2-7H2,1H3,(H2,15,20). The molecule has 1 aliphatic rings. The summed E-state index contributed by atoms with van der Waals surface area (Å²) in [5, 5.41) is 0. The molecule has 0 bridgehead atoms. The molecule has 0 spiro atoms. The summed E-state index contributed by atoms with van der Waals surface area (Å²) in [6.45, 7) is 0. The molecule has 1 fully saturated rings. The zero-order valence-corrected chi connectivity index (χ0v) is 13.8. The number of aromatic nitrogens is 1. The number of hydrogen-bond donors (Lipinski definition) is 1. The van der Waals surface area contributed by atoms with E-state index in [0.717, 1.165) is 25.7 Å². The van der Waals surface area contributed by atoms with E-state index in [4.69, 9.17) is 18.0 Å². The molecule has 0 radical (unpaired) electrons. The van der Waals surface area contributed by atoms with E-state index in [1.165, 1.54) is 29.4 Å². The fourth-order valence-corrected chi connectivity index (χ4v) is 4.15. The van der Waals surface area contributed by atoms with Crippen molar-refractivity contribution in [2.24, 2.45) is 5.73 Å². The Morgan fingerprint density at radius 3 is 2.38 bits per heavy atom. The largest absolute Gasteiger partial charge is 0.388 e. The van der Waals surface area contributed by atoms with Crippen LogP contribution >= 0.6 is 12.2 Å². The van der Waals surface area contributed by atoms with E-state index in [1.54, 1.807) is 13.1 Å². The van der Waals surface area contributed by atoms with E-state index in [1.807, 2.05) is 0 Å². The van der Waals surface area contributed by atoms with Gasteiger partial charge in [0.15, 0.2) is 0 Å². The van der Waals surface area contributed by atoms with Gasteiger partial charge in [0.1, 0.15) is 9.88 Å². The van der Waals surface area contributed by atoms with Gasteiger partial charge in [-0.2, -0.15) is 4.31 Å². The second-order valence-electron chi connectivity index (χ2n) is 5.41. The van der Waals surface area contributed by atoms with Crippen LogP contribution in [0, 0.1) is 0 Å². The molecule has 5 nitrogen and oxygen atoms in total. The van der Waals surface area contributed by atoms with Gasteiger partial charge in [-0.3, -0.25) is 4.98 Å². The monoisotopic (exact) mass is 327 g/mol. The molecule has 0 aromatic carbocycles. The van der Waals surface area contributed by atoms with Crippen LogP contribution in [0.1, 0.15) is 44.2 Å². The van der Waals surface area contributed by atoms with Crippen molar-refractivity contribution < 1.29 is 8.42 Å². The normalized spacial score (nSPS) is 17.6. The van der Waals surface area contributed by atoms with Crippen molar-refractivity contribution in [3.8, 4) is 0 Å². The van der Waals surface area contributed by atoms with Crippen molar-refractivity contribution in [2.45, 2.75) is 49.5 Å². The van der Waals surface area contributed by atoms with Gasteiger partial charge >= 0.3 is 0 Å². The Labute approximate surface area is 131 Å². The average Bonchev–Trinajstić information content (AvgIpc) is 2.75. The maximum absolute atomic E-state index is 12.6. The lowest BCUT2D eigenvalue weighted by atomic mass is 10.1. The molecule has 2 rings (SSSR count). The third-order valence-corrected chi connectivity index (χ3v) is 6.11. The van der Waals surface area contributed by atoms with Crippen molar-refractivity contribution in [2.75, 3.05) is 7.05 Å². The first-order chi connectivity index (χ1) is 9.93. The van der Waals surface area contributed by atoms with Crippen LogP contribution in [0.4, 0.5) is 0 Å². The molecule has 0 amide bonds. The maximum Gasteiger partial charge on any atom is 0.244 e. The summed E-state index contributed by atoms with van der Waals surface area (Å²) < 4.78 is 26.8. The summed E-state index contributed by atoms with van der Waals surface area (Å²) >= 11 is 4.82. The molecule has 1 heterocycles. The fourth-order valence-electron chi connectivity index (χ4n) is 2.66. The molecule has 0 atom stereocenters. The number of thiocarbonyl (C=S) groups is 1. The lowest BCUT2D eigenvalue weighted by Crippen LogP contribution is -2.36. The highest BCUT2D eigenvalue weighted by atomic mass is 32.2. The number of nitrogens with zero attached hydrogens (tertiary/aromatic N) is 2. The molecular formula is C14H21N3O2S2. The predicted octanol–water partition coefficient (Wildman–Crippen LogP) is 2.06. The average molecular weight is 327 g/mol. The van der Waals surface area contributed by atoms with Crippen LogP contribution in [0.3, 0.4) is 0 Å². The van der Waals surface area contributed by atoms with Crippen molar-refractivity contribution in [1.29, 1.82) is 0 Å². The minimum absolute atomic E-state index is 0.0766. The molecule has 7 heteroatoms. The molecule has 21 heavy (non-hydrogen) atoms. The minimum Gasteiger partial charge on any atom is -0.388 e. The number of sulfonamides is 1. The van der Waals surface area contributed by atoms with Gasteiger partial charge in [0.25, 0.3) is 0 Å². The molecule has 2 N–H and O–H groups in total. The Morgan fingerprint density at radius 1 is 1.29 bits per heavy atom. The Morgan fingerprint density at radius 2 is 1.90 bits per heavy atom. The van der Waals surface area contributed by atoms with Crippen molar-refractivity contribution >= 4 is 27.2 Å². The first-order valence-electron chi connectivity index (χ1n) is 7.17. The van der Waals surface area contributed by atoms with E-state index in [0.29, 0.717) is 5.69 Å². The van der Waals surface area contributed by atoms with Gasteiger partial charge in [-0.05, 0) is 25.0 Å². The van der Waals surface area contributed by atoms with Crippen molar-refractivity contribution in [1.82, 2.24) is 9.29 Å². The zero-order valence-electron chi connectivity index (χ0n) is 12.2. The molecule has 0 unspecified atom stereocenters. The smallest absolute Gasteiger partial charge is 0.244 e. The molecule has 0 saturated heterocycles. The van der Waals surface area contributed by atoms with E-state index in [-0.39, 0.29) is 15.9 Å². The molecule has 0 aliphatic heterocycles. The van der Waals surface area contributed by atoms with Crippen LogP contribution < -0.4 is 5.73 Å². The second-order valence-corrected chi connectivity index (χ2v) is 7.85. The van der Waals surface area contributed by atoms with Crippen LogP contribution in [0.15, 0.2) is 23.2 Å². The fraction of sp³-hybridized carbons (Fsp3) is 0.571. The third kappa shape index (κ3) is 3.78. The van der Waals surface area contributed by atoms with Crippen LogP contribution in [0.5, 0.6) is 0 Å². The SMILES string of the molecule is CN(C1CCCCCC1)S(=O)(=O)c1ccc(C(N)=S)nc1. The van der Waals surface area contributed by atoms with Gasteiger partial charge < -0.3 is 5.73 Å². The lowest BCUT2D eigenvalue weighted by molar-refractivity contribution is 0.335. The molecule has 1 aromatic heterocycles. The van der Waals surface area contributed by atoms with Gasteiger partial charge in [0.05, 0.1) is 5.69 Å². The van der Waals surface area contributed by atoms with E-state index >= 15 is 0 Å². The first-order valence-corrected chi connectivity index (χ1v) is 9.01. The zero-order chi connectivity index (χ0) is 15.5. The molecule has 1 aliphatic carbocycles. The number of rotatable bonds is 4. The van der Waals surface area contributed by atoms with Crippen LogP contribution in [-0.2, 0) is 10.0 Å². The number of pyridine rings is 1. The van der Waals surface area contributed by atoms with Crippen LogP contribution in [0.25, 0.3) is 0 Å². The van der Waals surface area contributed by atoms with E-state index in [9.17, 15) is 8.42 Å². The Bertz CT molecular complexity index is 591. The third-order valence-electron chi connectivity index (χ3n) is 4.00. The van der Waals surface area contributed by atoms with Gasteiger partial charge in [-0.1, -0.05) is 37.9 Å². The highest BCUT2D eigenvalue weighted by Gasteiger charge is 2.28. The minimum atomic E-state index is -3.51. The van der Waals surface area contributed by atoms with E-state index in [2.05, 4.69) is 4.98 Å². The molecule has 1 saturated carbocycles. The second kappa shape index (κ2) is 6.81. The molecule has 116 valence electrons. The van der Waals surface area contributed by atoms with Crippen molar-refractivity contribution in [3.63, 3.8) is 0 Å². The molecule has 1 aromatic rings. The maximum atomic E-state index is 12.6. The Hall–Kier alpha value is -1.05. The summed E-state index contributed by atoms with van der Waals surface area (Å²) in [4.78, 5) is 4.37. The summed E-state index contributed by atoms with van der Waals surface area (Å²) in [5.74, 6) is 0.